The number of hydrogen-bond acceptors (Lipinski definition) is 0. The molecule has 0 heterocycles. The average Bonchev–Trinajstić information content (AvgIpc) is 2.39. The first kappa shape index (κ1) is 42.8. The third-order valence-corrected chi connectivity index (χ3v) is 1.41. The largest absolute Gasteiger partial charge is 2.00 e. The second-order valence-electron chi connectivity index (χ2n) is 3.41. The standard InChI is InChI=1S/4C4H9.2Li.Mg/c4*1-3-4-2;;;/h4*1,3-4H2,2H3;;;/q4*-1;2*+1;+2. The van der Waals surface area contributed by atoms with Crippen LogP contribution in [-0.2, 0) is 0 Å². The molecule has 0 saturated carbocycles. The van der Waals surface area contributed by atoms with Crippen molar-refractivity contribution in [1.82, 2.24) is 0 Å². The average molecular weight is 267 g/mol. The van der Waals surface area contributed by atoms with E-state index in [-0.39, 0.29) is 60.8 Å². The van der Waals surface area contributed by atoms with E-state index in [9.17, 15) is 0 Å². The Morgan fingerprint density at radius 2 is 0.526 bits per heavy atom. The first-order chi connectivity index (χ1) is 7.66. The van der Waals surface area contributed by atoms with Crippen molar-refractivity contribution in [1.29, 1.82) is 0 Å². The number of hydrogen-bond donors (Lipinski definition) is 0. The zero-order valence-electron chi connectivity index (χ0n) is 15.2. The molecule has 3 heteroatoms. The minimum absolute atomic E-state index is 0. The van der Waals surface area contributed by atoms with Gasteiger partial charge in [-0.05, 0) is 0 Å². The Hall–Kier alpha value is 1.96. The molecule has 0 rings (SSSR count). The predicted octanol–water partition coefficient (Wildman–Crippen LogP) is 0.110. The maximum absolute atomic E-state index is 3.60. The fourth-order valence-electron chi connectivity index (χ4n) is 0. The summed E-state index contributed by atoms with van der Waals surface area (Å²) < 4.78 is 0. The SMILES string of the molecule is [CH2-]CCC.[CH2-]CCC.[CH2-]CCC.[CH2-]CCC.[Li+].[Li+].[Mg+2]. The summed E-state index contributed by atoms with van der Waals surface area (Å²) in [5.74, 6) is 0. The van der Waals surface area contributed by atoms with Gasteiger partial charge in [-0.25, -0.2) is 0 Å². The smallest absolute Gasteiger partial charge is 0.343 e. The van der Waals surface area contributed by atoms with Crippen LogP contribution in [0.1, 0.15) is 79.1 Å². The van der Waals surface area contributed by atoms with Crippen LogP contribution in [0, 0.1) is 27.7 Å². The molecule has 0 radical (unpaired) electrons. The second kappa shape index (κ2) is 72.3. The van der Waals surface area contributed by atoms with Crippen molar-refractivity contribution in [3.63, 3.8) is 0 Å². The molecule has 0 aliphatic heterocycles. The van der Waals surface area contributed by atoms with E-state index < -0.39 is 0 Å². The monoisotopic (exact) mass is 266 g/mol. The van der Waals surface area contributed by atoms with E-state index in [1.54, 1.807) is 0 Å². The molecule has 19 heavy (non-hydrogen) atoms. The molecule has 0 unspecified atom stereocenters. The van der Waals surface area contributed by atoms with Crippen LogP contribution in [0.4, 0.5) is 0 Å². The first-order valence-electron chi connectivity index (χ1n) is 6.83. The molecule has 0 bridgehead atoms. The summed E-state index contributed by atoms with van der Waals surface area (Å²) in [5.41, 5.74) is 0. The van der Waals surface area contributed by atoms with E-state index in [4.69, 9.17) is 0 Å². The van der Waals surface area contributed by atoms with Gasteiger partial charge in [-0.2, -0.15) is 25.7 Å². The van der Waals surface area contributed by atoms with Gasteiger partial charge < -0.3 is 27.7 Å². The summed E-state index contributed by atoms with van der Waals surface area (Å²) in [6.45, 7) is 22.9. The summed E-state index contributed by atoms with van der Waals surface area (Å²) in [7, 11) is 0. The molecule has 0 aliphatic rings. The fraction of sp³-hybridized carbons (Fsp3) is 0.750. The van der Waals surface area contributed by atoms with Gasteiger partial charge in [0.2, 0.25) is 0 Å². The molecule has 0 aromatic heterocycles. The third-order valence-electron chi connectivity index (χ3n) is 1.41. The molecule has 0 amide bonds. The van der Waals surface area contributed by atoms with Crippen molar-refractivity contribution in [2.24, 2.45) is 0 Å². The van der Waals surface area contributed by atoms with Crippen LogP contribution in [0.15, 0.2) is 0 Å². The second-order valence-corrected chi connectivity index (χ2v) is 3.41. The van der Waals surface area contributed by atoms with E-state index in [0.29, 0.717) is 0 Å². The maximum atomic E-state index is 3.60. The Labute approximate surface area is 166 Å². The van der Waals surface area contributed by atoms with Crippen LogP contribution in [0.5, 0.6) is 0 Å². The summed E-state index contributed by atoms with van der Waals surface area (Å²) >= 11 is 0. The molecule has 0 atom stereocenters. The van der Waals surface area contributed by atoms with E-state index >= 15 is 0 Å². The van der Waals surface area contributed by atoms with E-state index in [2.05, 4.69) is 55.4 Å². The Kier molecular flexibility index (Phi) is 163. The van der Waals surface area contributed by atoms with Gasteiger partial charge in [0.05, 0.1) is 0 Å². The van der Waals surface area contributed by atoms with Gasteiger partial charge in [0.1, 0.15) is 0 Å². The molecule has 0 aliphatic carbocycles. The van der Waals surface area contributed by atoms with E-state index in [0.717, 1.165) is 25.7 Å². The fourth-order valence-corrected chi connectivity index (χ4v) is 0. The summed E-state index contributed by atoms with van der Waals surface area (Å²) in [6, 6.07) is 0. The van der Waals surface area contributed by atoms with Crippen LogP contribution in [0.25, 0.3) is 0 Å². The van der Waals surface area contributed by atoms with Crippen LogP contribution in [-0.4, -0.2) is 23.1 Å². The zero-order chi connectivity index (χ0) is 13.7. The molecule has 104 valence electrons. The van der Waals surface area contributed by atoms with Gasteiger partial charge in [-0.1, -0.05) is 53.4 Å². The quantitative estimate of drug-likeness (QED) is 0.501. The first-order valence-corrected chi connectivity index (χ1v) is 6.83. The molecule has 0 aromatic rings. The van der Waals surface area contributed by atoms with Crippen molar-refractivity contribution in [3.8, 4) is 0 Å². The van der Waals surface area contributed by atoms with E-state index in [1.807, 2.05) is 0 Å². The topological polar surface area (TPSA) is 0 Å². The third kappa shape index (κ3) is 181. The van der Waals surface area contributed by atoms with Crippen molar-refractivity contribution in [2.75, 3.05) is 0 Å². The van der Waals surface area contributed by atoms with Crippen LogP contribution in [0.2, 0.25) is 0 Å². The zero-order valence-corrected chi connectivity index (χ0v) is 16.6. The van der Waals surface area contributed by atoms with Gasteiger partial charge >= 0.3 is 60.8 Å². The number of unbranched alkanes of at least 4 members (excludes halogenated alkanes) is 4. The van der Waals surface area contributed by atoms with Crippen molar-refractivity contribution in [2.45, 2.75) is 79.1 Å². The normalized spacial score (nSPS) is 6.32. The van der Waals surface area contributed by atoms with Crippen molar-refractivity contribution in [3.05, 3.63) is 27.7 Å². The predicted molar refractivity (Wildman–Crippen MR) is 86.8 cm³/mol. The van der Waals surface area contributed by atoms with Crippen LogP contribution >= 0.6 is 0 Å². The van der Waals surface area contributed by atoms with Gasteiger partial charge in [0.15, 0.2) is 0 Å². The minimum Gasteiger partial charge on any atom is -0.343 e. The molecular formula is C16H36Li2Mg. The van der Waals surface area contributed by atoms with Gasteiger partial charge in [0.25, 0.3) is 0 Å². The molecule has 0 fully saturated rings. The summed E-state index contributed by atoms with van der Waals surface area (Å²) in [5, 5.41) is 0. The Bertz CT molecular complexity index is 38.7. The van der Waals surface area contributed by atoms with Crippen LogP contribution in [0.3, 0.4) is 0 Å². The molecular weight excluding hydrogens is 230 g/mol. The molecule has 0 aromatic carbocycles. The van der Waals surface area contributed by atoms with Crippen LogP contribution < -0.4 is 37.7 Å². The van der Waals surface area contributed by atoms with Gasteiger partial charge in [0, 0.05) is 0 Å². The van der Waals surface area contributed by atoms with Gasteiger partial charge in [-0.15, -0.1) is 0 Å². The molecule has 0 saturated heterocycles. The van der Waals surface area contributed by atoms with Crippen molar-refractivity contribution < 1.29 is 37.7 Å². The molecule has 0 N–H and O–H groups in total. The Morgan fingerprint density at radius 3 is 0.526 bits per heavy atom. The summed E-state index contributed by atoms with van der Waals surface area (Å²) in [4.78, 5) is 0. The van der Waals surface area contributed by atoms with E-state index in [1.165, 1.54) is 25.7 Å². The van der Waals surface area contributed by atoms with Crippen molar-refractivity contribution >= 4 is 23.1 Å². The summed E-state index contributed by atoms with van der Waals surface area (Å²) in [6.07, 6.45) is 9.11. The minimum atomic E-state index is 0. The molecule has 0 nitrogen and oxygen atoms in total. The molecule has 0 spiro atoms. The maximum Gasteiger partial charge on any atom is 2.00 e. The van der Waals surface area contributed by atoms with Gasteiger partial charge in [-0.3, -0.25) is 0 Å². The Balaban J connectivity index is -0.0000000192. The Morgan fingerprint density at radius 1 is 0.474 bits per heavy atom. The number of rotatable bonds is 4.